The number of rotatable bonds is 8. The van der Waals surface area contributed by atoms with Crippen molar-refractivity contribution in [1.82, 2.24) is 14.6 Å². The van der Waals surface area contributed by atoms with E-state index in [0.717, 1.165) is 5.56 Å². The number of nitrogens with one attached hydrogen (secondary N) is 1. The highest BCUT2D eigenvalue weighted by atomic mass is 32.2. The minimum atomic E-state index is -4.03. The smallest absolute Gasteiger partial charge is 0.243 e. The van der Waals surface area contributed by atoms with Gasteiger partial charge in [0.1, 0.15) is 16.7 Å². The van der Waals surface area contributed by atoms with Crippen LogP contribution in [0.25, 0.3) is 10.9 Å². The fourth-order valence-corrected chi connectivity index (χ4v) is 4.92. The SMILES string of the molecule is CN(Cc1ccco1)C(=O)C(Cc1ccccc1)NS(=O)(=O)c1cccc2cccnc12. The van der Waals surface area contributed by atoms with Gasteiger partial charge in [-0.05, 0) is 36.2 Å². The number of pyridine rings is 1. The van der Waals surface area contributed by atoms with Crippen LogP contribution in [-0.4, -0.2) is 37.3 Å². The molecule has 0 fully saturated rings. The number of fused-ring (bicyclic) bond motifs is 1. The largest absolute Gasteiger partial charge is 0.467 e. The van der Waals surface area contributed by atoms with Crippen LogP contribution in [0.5, 0.6) is 0 Å². The monoisotopic (exact) mass is 449 g/mol. The van der Waals surface area contributed by atoms with Gasteiger partial charge in [0.2, 0.25) is 15.9 Å². The number of para-hydroxylation sites is 1. The summed E-state index contributed by atoms with van der Waals surface area (Å²) in [4.78, 5) is 19.0. The van der Waals surface area contributed by atoms with Gasteiger partial charge in [-0.15, -0.1) is 0 Å². The fraction of sp³-hybridized carbons (Fsp3) is 0.167. The first-order valence-corrected chi connectivity index (χ1v) is 11.6. The maximum atomic E-state index is 13.4. The van der Waals surface area contributed by atoms with Crippen LogP contribution >= 0.6 is 0 Å². The van der Waals surface area contributed by atoms with E-state index in [2.05, 4.69) is 9.71 Å². The first-order valence-electron chi connectivity index (χ1n) is 10.1. The lowest BCUT2D eigenvalue weighted by Gasteiger charge is -2.24. The normalized spacial score (nSPS) is 12.5. The van der Waals surface area contributed by atoms with Crippen LogP contribution in [0.4, 0.5) is 0 Å². The van der Waals surface area contributed by atoms with Gasteiger partial charge < -0.3 is 9.32 Å². The number of sulfonamides is 1. The van der Waals surface area contributed by atoms with Gasteiger partial charge in [0, 0.05) is 18.6 Å². The quantitative estimate of drug-likeness (QED) is 0.445. The van der Waals surface area contributed by atoms with Gasteiger partial charge in [-0.25, -0.2) is 8.42 Å². The molecule has 32 heavy (non-hydrogen) atoms. The van der Waals surface area contributed by atoms with Crippen molar-refractivity contribution in [3.8, 4) is 0 Å². The average molecular weight is 450 g/mol. The van der Waals surface area contributed by atoms with Gasteiger partial charge in [0.05, 0.1) is 18.3 Å². The Balaban J connectivity index is 1.65. The third-order valence-corrected chi connectivity index (χ3v) is 6.62. The summed E-state index contributed by atoms with van der Waals surface area (Å²) < 4.78 is 34.7. The van der Waals surface area contributed by atoms with Crippen molar-refractivity contribution in [1.29, 1.82) is 0 Å². The Hall–Kier alpha value is -3.49. The number of hydrogen-bond donors (Lipinski definition) is 1. The van der Waals surface area contributed by atoms with Crippen molar-refractivity contribution in [2.45, 2.75) is 23.9 Å². The third-order valence-electron chi connectivity index (χ3n) is 5.11. The molecule has 0 bridgehead atoms. The molecule has 0 aliphatic carbocycles. The number of amides is 1. The maximum Gasteiger partial charge on any atom is 0.243 e. The molecule has 0 spiro atoms. The maximum absolute atomic E-state index is 13.4. The Morgan fingerprint density at radius 3 is 2.56 bits per heavy atom. The molecule has 2 heterocycles. The Labute approximate surface area is 186 Å². The zero-order chi connectivity index (χ0) is 22.6. The van der Waals surface area contributed by atoms with E-state index in [1.807, 2.05) is 30.3 Å². The molecule has 1 amide bonds. The lowest BCUT2D eigenvalue weighted by molar-refractivity contribution is -0.132. The van der Waals surface area contributed by atoms with Gasteiger partial charge in [-0.3, -0.25) is 9.78 Å². The highest BCUT2D eigenvalue weighted by Crippen LogP contribution is 2.21. The second-order valence-corrected chi connectivity index (χ2v) is 9.15. The van der Waals surface area contributed by atoms with E-state index < -0.39 is 16.1 Å². The minimum absolute atomic E-state index is 0.0372. The topological polar surface area (TPSA) is 92.5 Å². The van der Waals surface area contributed by atoms with Crippen LogP contribution in [0.3, 0.4) is 0 Å². The molecule has 0 saturated heterocycles. The first kappa shape index (κ1) is 21.7. The zero-order valence-corrected chi connectivity index (χ0v) is 18.3. The molecule has 0 radical (unpaired) electrons. The second-order valence-electron chi connectivity index (χ2n) is 7.47. The second kappa shape index (κ2) is 9.33. The molecule has 4 rings (SSSR count). The van der Waals surface area contributed by atoms with E-state index in [4.69, 9.17) is 4.42 Å². The lowest BCUT2D eigenvalue weighted by Crippen LogP contribution is -2.48. The molecule has 0 aliphatic rings. The molecule has 0 aliphatic heterocycles. The van der Waals surface area contributed by atoms with E-state index in [1.165, 1.54) is 17.2 Å². The Kier molecular flexibility index (Phi) is 6.34. The molecule has 1 unspecified atom stereocenters. The van der Waals surface area contributed by atoms with Gasteiger partial charge in [-0.2, -0.15) is 4.72 Å². The number of furan rings is 1. The fourth-order valence-electron chi connectivity index (χ4n) is 3.55. The number of likely N-dealkylation sites (N-methyl/N-ethyl adjacent to an activating group) is 1. The molecule has 164 valence electrons. The highest BCUT2D eigenvalue weighted by Gasteiger charge is 2.29. The third kappa shape index (κ3) is 4.87. The number of nitrogens with zero attached hydrogens (tertiary/aromatic N) is 2. The summed E-state index contributed by atoms with van der Waals surface area (Å²) >= 11 is 0. The Bertz CT molecular complexity index is 1300. The number of carbonyl (C=O) groups excluding carboxylic acids is 1. The van der Waals surface area contributed by atoms with E-state index in [-0.39, 0.29) is 23.8 Å². The number of carbonyl (C=O) groups is 1. The molecule has 1 N–H and O–H groups in total. The number of benzene rings is 2. The molecule has 2 aromatic heterocycles. The molecule has 8 heteroatoms. The average Bonchev–Trinajstić information content (AvgIpc) is 3.31. The number of hydrogen-bond acceptors (Lipinski definition) is 5. The summed E-state index contributed by atoms with van der Waals surface area (Å²) in [5.41, 5.74) is 1.20. The van der Waals surface area contributed by atoms with Crippen LogP contribution in [-0.2, 0) is 27.8 Å². The van der Waals surface area contributed by atoms with Crippen molar-refractivity contribution in [3.05, 3.63) is 96.6 Å². The summed E-state index contributed by atoms with van der Waals surface area (Å²) in [7, 11) is -2.41. The van der Waals surface area contributed by atoms with Crippen LogP contribution in [0, 0.1) is 0 Å². The highest BCUT2D eigenvalue weighted by molar-refractivity contribution is 7.89. The van der Waals surface area contributed by atoms with Gasteiger partial charge in [-0.1, -0.05) is 48.5 Å². The van der Waals surface area contributed by atoms with Crippen molar-refractivity contribution >= 4 is 26.8 Å². The molecule has 0 saturated carbocycles. The first-order chi connectivity index (χ1) is 15.4. The summed E-state index contributed by atoms with van der Waals surface area (Å²) in [6.45, 7) is 0.231. The summed E-state index contributed by atoms with van der Waals surface area (Å²) in [5.74, 6) is 0.252. The summed E-state index contributed by atoms with van der Waals surface area (Å²) in [6.07, 6.45) is 3.29. The van der Waals surface area contributed by atoms with Gasteiger partial charge >= 0.3 is 0 Å². The molecule has 4 aromatic rings. The van der Waals surface area contributed by atoms with Crippen molar-refractivity contribution in [3.63, 3.8) is 0 Å². The number of aromatic nitrogens is 1. The van der Waals surface area contributed by atoms with Crippen molar-refractivity contribution in [2.24, 2.45) is 0 Å². The van der Waals surface area contributed by atoms with Crippen molar-refractivity contribution < 1.29 is 17.6 Å². The molecular weight excluding hydrogens is 426 g/mol. The Morgan fingerprint density at radius 2 is 1.81 bits per heavy atom. The molecular formula is C24H23N3O4S. The van der Waals surface area contributed by atoms with Crippen LogP contribution < -0.4 is 4.72 Å². The predicted molar refractivity (Wildman–Crippen MR) is 121 cm³/mol. The Morgan fingerprint density at radius 1 is 1.03 bits per heavy atom. The van der Waals surface area contributed by atoms with E-state index in [1.54, 1.807) is 49.6 Å². The predicted octanol–water partition coefficient (Wildman–Crippen LogP) is 3.38. The lowest BCUT2D eigenvalue weighted by atomic mass is 10.1. The van der Waals surface area contributed by atoms with Crippen LogP contribution in [0.2, 0.25) is 0 Å². The summed E-state index contributed by atoms with van der Waals surface area (Å²) in [5, 5.41) is 0.705. The van der Waals surface area contributed by atoms with E-state index in [9.17, 15) is 13.2 Å². The van der Waals surface area contributed by atoms with E-state index in [0.29, 0.717) is 16.7 Å². The minimum Gasteiger partial charge on any atom is -0.467 e. The molecule has 2 aromatic carbocycles. The van der Waals surface area contributed by atoms with Crippen molar-refractivity contribution in [2.75, 3.05) is 7.05 Å². The van der Waals surface area contributed by atoms with Crippen LogP contribution in [0.1, 0.15) is 11.3 Å². The summed E-state index contributed by atoms with van der Waals surface area (Å²) in [6, 6.07) is 20.3. The molecule has 1 atom stereocenters. The van der Waals surface area contributed by atoms with E-state index >= 15 is 0 Å². The molecule has 7 nitrogen and oxygen atoms in total. The zero-order valence-electron chi connectivity index (χ0n) is 17.5. The van der Waals surface area contributed by atoms with Gasteiger partial charge in [0.15, 0.2) is 0 Å². The van der Waals surface area contributed by atoms with Gasteiger partial charge in [0.25, 0.3) is 0 Å². The standard InChI is InChI=1S/C24H23N3O4S/c1-27(17-20-12-7-15-31-20)24(28)21(16-18-8-3-2-4-9-18)26-32(29,30)22-13-5-10-19-11-6-14-25-23(19)22/h2-15,21,26H,16-17H2,1H3. The van der Waals surface area contributed by atoms with Crippen LogP contribution in [0.15, 0.2) is 94.6 Å².